The van der Waals surface area contributed by atoms with Gasteiger partial charge in [0, 0.05) is 11.8 Å². The Bertz CT molecular complexity index is 693. The number of carbonyl (C=O) groups is 1. The molecule has 3 aliphatic rings. The van der Waals surface area contributed by atoms with Crippen molar-refractivity contribution in [2.45, 2.75) is 71.8 Å². The van der Waals surface area contributed by atoms with E-state index in [4.69, 9.17) is 9.47 Å². The third-order valence-electron chi connectivity index (χ3n) is 8.21. The molecule has 3 heteroatoms. The summed E-state index contributed by atoms with van der Waals surface area (Å²) in [6.07, 6.45) is 7.18. The molecule has 0 spiro atoms. The molecule has 3 aliphatic carbocycles. The Labute approximate surface area is 157 Å². The maximum absolute atomic E-state index is 12.7. The van der Waals surface area contributed by atoms with E-state index in [1.165, 1.54) is 24.0 Å². The van der Waals surface area contributed by atoms with Gasteiger partial charge in [0.25, 0.3) is 0 Å². The number of aryl methyl sites for hydroxylation is 1. The minimum Gasteiger partial charge on any atom is -0.496 e. The molecule has 142 valence electrons. The topological polar surface area (TPSA) is 35.5 Å². The molecule has 2 bridgehead atoms. The van der Waals surface area contributed by atoms with Crippen LogP contribution in [0.1, 0.15) is 64.0 Å². The molecule has 0 heterocycles. The number of methoxy groups -OCH3 is 1. The predicted molar refractivity (Wildman–Crippen MR) is 102 cm³/mol. The molecule has 0 amide bonds. The van der Waals surface area contributed by atoms with Crippen molar-refractivity contribution in [2.75, 3.05) is 7.11 Å². The number of ether oxygens (including phenoxy) is 2. The van der Waals surface area contributed by atoms with Crippen LogP contribution in [0.15, 0.2) is 18.2 Å². The highest BCUT2D eigenvalue weighted by Gasteiger charge is 2.62. The lowest BCUT2D eigenvalue weighted by Crippen LogP contribution is -2.38. The van der Waals surface area contributed by atoms with Crippen molar-refractivity contribution >= 4 is 5.97 Å². The first-order valence-corrected chi connectivity index (χ1v) is 10.2. The van der Waals surface area contributed by atoms with Crippen LogP contribution in [0.3, 0.4) is 0 Å². The summed E-state index contributed by atoms with van der Waals surface area (Å²) < 4.78 is 11.6. The molecule has 2 fully saturated rings. The minimum absolute atomic E-state index is 0.00271. The average molecular weight is 357 g/mol. The monoisotopic (exact) mass is 356 g/mol. The van der Waals surface area contributed by atoms with E-state index in [9.17, 15) is 4.79 Å². The fourth-order valence-electron chi connectivity index (χ4n) is 5.94. The Morgan fingerprint density at radius 2 is 2.04 bits per heavy atom. The SMILES string of the molecule is COc1cccc2c1CC(CC(=O)OC1CC3CCC1(C)C3(C)C)CC2. The van der Waals surface area contributed by atoms with E-state index in [1.807, 2.05) is 6.07 Å². The minimum atomic E-state index is 0.00271. The molecule has 0 radical (unpaired) electrons. The molecular formula is C23H32O3. The molecule has 3 nitrogen and oxygen atoms in total. The van der Waals surface area contributed by atoms with Gasteiger partial charge in [0.05, 0.1) is 7.11 Å². The van der Waals surface area contributed by atoms with E-state index in [0.29, 0.717) is 18.3 Å². The van der Waals surface area contributed by atoms with Gasteiger partial charge in [-0.25, -0.2) is 0 Å². The van der Waals surface area contributed by atoms with Gasteiger partial charge in [-0.2, -0.15) is 0 Å². The Balaban J connectivity index is 1.39. The standard InChI is InChI=1S/C23H32O3/c1-22(2)17-10-11-23(22,3)20(14-17)26-21(24)13-15-8-9-16-6-5-7-19(25-4)18(16)12-15/h5-7,15,17,20H,8-14H2,1-4H3. The van der Waals surface area contributed by atoms with Crippen LogP contribution in [0.2, 0.25) is 0 Å². The van der Waals surface area contributed by atoms with Gasteiger partial charge in [0.2, 0.25) is 0 Å². The van der Waals surface area contributed by atoms with Gasteiger partial charge in [0.1, 0.15) is 11.9 Å². The van der Waals surface area contributed by atoms with Crippen LogP contribution in [-0.2, 0) is 22.4 Å². The molecule has 0 N–H and O–H groups in total. The number of hydrogen-bond acceptors (Lipinski definition) is 3. The number of hydrogen-bond donors (Lipinski definition) is 0. The molecule has 2 saturated carbocycles. The van der Waals surface area contributed by atoms with E-state index in [-0.39, 0.29) is 22.9 Å². The molecule has 4 unspecified atom stereocenters. The van der Waals surface area contributed by atoms with Crippen molar-refractivity contribution in [3.05, 3.63) is 29.3 Å². The molecule has 0 aromatic heterocycles. The van der Waals surface area contributed by atoms with Crippen LogP contribution < -0.4 is 4.74 Å². The van der Waals surface area contributed by atoms with Crippen LogP contribution >= 0.6 is 0 Å². The first-order valence-electron chi connectivity index (χ1n) is 10.2. The fraction of sp³-hybridized carbons (Fsp3) is 0.696. The predicted octanol–water partition coefficient (Wildman–Crippen LogP) is 4.95. The summed E-state index contributed by atoms with van der Waals surface area (Å²) in [5.74, 6) is 2.03. The number of rotatable bonds is 4. The van der Waals surface area contributed by atoms with Crippen LogP contribution in [0, 0.1) is 22.7 Å². The van der Waals surface area contributed by atoms with Gasteiger partial charge in [-0.3, -0.25) is 4.79 Å². The van der Waals surface area contributed by atoms with Crippen LogP contribution in [0.5, 0.6) is 5.75 Å². The third-order valence-corrected chi connectivity index (χ3v) is 8.21. The van der Waals surface area contributed by atoms with Gasteiger partial charge in [0.15, 0.2) is 0 Å². The van der Waals surface area contributed by atoms with Crippen molar-refractivity contribution in [3.63, 3.8) is 0 Å². The van der Waals surface area contributed by atoms with Crippen molar-refractivity contribution in [2.24, 2.45) is 22.7 Å². The number of fused-ring (bicyclic) bond motifs is 3. The van der Waals surface area contributed by atoms with Gasteiger partial charge in [-0.05, 0) is 73.0 Å². The van der Waals surface area contributed by atoms with Crippen molar-refractivity contribution in [1.29, 1.82) is 0 Å². The highest BCUT2D eigenvalue weighted by Crippen LogP contribution is 2.66. The third kappa shape index (κ3) is 2.66. The number of carbonyl (C=O) groups excluding carboxylic acids is 1. The molecule has 26 heavy (non-hydrogen) atoms. The van der Waals surface area contributed by atoms with Crippen molar-refractivity contribution in [3.8, 4) is 5.75 Å². The lowest BCUT2D eigenvalue weighted by molar-refractivity contribution is -0.158. The van der Waals surface area contributed by atoms with Crippen molar-refractivity contribution in [1.82, 2.24) is 0 Å². The number of benzene rings is 1. The van der Waals surface area contributed by atoms with Gasteiger partial charge in [-0.15, -0.1) is 0 Å². The summed E-state index contributed by atoms with van der Waals surface area (Å²) in [4.78, 5) is 12.7. The van der Waals surface area contributed by atoms with E-state index in [2.05, 4.69) is 32.9 Å². The maximum Gasteiger partial charge on any atom is 0.306 e. The smallest absolute Gasteiger partial charge is 0.306 e. The fourth-order valence-corrected chi connectivity index (χ4v) is 5.94. The summed E-state index contributed by atoms with van der Waals surface area (Å²) >= 11 is 0. The van der Waals surface area contributed by atoms with Crippen LogP contribution in [0.25, 0.3) is 0 Å². The Morgan fingerprint density at radius 1 is 1.23 bits per heavy atom. The van der Waals surface area contributed by atoms with Gasteiger partial charge < -0.3 is 9.47 Å². The Morgan fingerprint density at radius 3 is 2.69 bits per heavy atom. The van der Waals surface area contributed by atoms with E-state index >= 15 is 0 Å². The Hall–Kier alpha value is -1.51. The maximum atomic E-state index is 12.7. The number of esters is 1. The zero-order chi connectivity index (χ0) is 18.5. The summed E-state index contributed by atoms with van der Waals surface area (Å²) in [5.41, 5.74) is 3.09. The quantitative estimate of drug-likeness (QED) is 0.716. The average Bonchev–Trinajstić information content (AvgIpc) is 2.94. The highest BCUT2D eigenvalue weighted by atomic mass is 16.5. The summed E-state index contributed by atoms with van der Waals surface area (Å²) in [6, 6.07) is 6.27. The molecule has 1 aromatic carbocycles. The van der Waals surface area contributed by atoms with E-state index in [0.717, 1.165) is 31.4 Å². The van der Waals surface area contributed by atoms with Crippen molar-refractivity contribution < 1.29 is 14.3 Å². The first kappa shape index (κ1) is 17.9. The largest absolute Gasteiger partial charge is 0.496 e. The van der Waals surface area contributed by atoms with E-state index in [1.54, 1.807) is 7.11 Å². The zero-order valence-electron chi connectivity index (χ0n) is 16.6. The molecule has 4 atom stereocenters. The summed E-state index contributed by atoms with van der Waals surface area (Å²) in [7, 11) is 1.73. The molecule has 0 saturated heterocycles. The molecular weight excluding hydrogens is 324 g/mol. The normalized spacial score (nSPS) is 34.4. The first-order chi connectivity index (χ1) is 12.3. The molecule has 1 aromatic rings. The summed E-state index contributed by atoms with van der Waals surface area (Å²) in [6.45, 7) is 7.06. The second-order valence-electron chi connectivity index (χ2n) is 9.50. The van der Waals surface area contributed by atoms with Crippen LogP contribution in [-0.4, -0.2) is 19.2 Å². The van der Waals surface area contributed by atoms with Gasteiger partial charge >= 0.3 is 5.97 Å². The lowest BCUT2D eigenvalue weighted by Gasteiger charge is -2.38. The molecule has 0 aliphatic heterocycles. The Kier molecular flexibility index (Phi) is 4.32. The van der Waals surface area contributed by atoms with Crippen LogP contribution in [0.4, 0.5) is 0 Å². The lowest BCUT2D eigenvalue weighted by atomic mass is 9.70. The van der Waals surface area contributed by atoms with E-state index < -0.39 is 0 Å². The zero-order valence-corrected chi connectivity index (χ0v) is 16.6. The van der Waals surface area contributed by atoms with Gasteiger partial charge in [-0.1, -0.05) is 32.9 Å². The second kappa shape index (κ2) is 6.28. The molecule has 4 rings (SSSR count). The highest BCUT2D eigenvalue weighted by molar-refractivity contribution is 5.70. The second-order valence-corrected chi connectivity index (χ2v) is 9.50. The summed E-state index contributed by atoms with van der Waals surface area (Å²) in [5, 5.41) is 0.